The molecule has 0 fully saturated rings. The standard InChI is InChI=1S/C27H37N3O6S/c1-37(32,33)36-26(17-9-10-20-34-22-23-12-4-2-5-13-23)19-18-25(29-30-28)16-8-11-21-35-27(31)24-14-6-3-7-15-24/h2-7,12-15,25-26H,8-11,16-22H2,1H3/t25-,26+/m1/s1. The van der Waals surface area contributed by atoms with Crippen molar-refractivity contribution in [1.82, 2.24) is 0 Å². The monoisotopic (exact) mass is 531 g/mol. The summed E-state index contributed by atoms with van der Waals surface area (Å²) in [4.78, 5) is 14.9. The summed E-state index contributed by atoms with van der Waals surface area (Å²) >= 11 is 0. The molecule has 2 aromatic rings. The molecule has 10 heteroatoms. The number of carbonyl (C=O) groups excluding carboxylic acids is 1. The van der Waals surface area contributed by atoms with Crippen molar-refractivity contribution in [3.63, 3.8) is 0 Å². The van der Waals surface area contributed by atoms with Gasteiger partial charge in [0.25, 0.3) is 10.1 Å². The van der Waals surface area contributed by atoms with E-state index < -0.39 is 16.2 Å². The van der Waals surface area contributed by atoms with Gasteiger partial charge in [-0.1, -0.05) is 53.6 Å². The van der Waals surface area contributed by atoms with Crippen molar-refractivity contribution in [3.05, 3.63) is 82.2 Å². The number of esters is 1. The van der Waals surface area contributed by atoms with Crippen LogP contribution in [0.25, 0.3) is 10.4 Å². The Morgan fingerprint density at radius 1 is 0.892 bits per heavy atom. The van der Waals surface area contributed by atoms with Gasteiger partial charge in [-0.05, 0) is 74.6 Å². The molecule has 202 valence electrons. The summed E-state index contributed by atoms with van der Waals surface area (Å²) in [5.41, 5.74) is 10.6. The first-order valence-electron chi connectivity index (χ1n) is 12.6. The van der Waals surface area contributed by atoms with Gasteiger partial charge in [-0.15, -0.1) is 0 Å². The minimum Gasteiger partial charge on any atom is -0.462 e. The topological polar surface area (TPSA) is 128 Å². The lowest BCUT2D eigenvalue weighted by Gasteiger charge is -2.18. The zero-order chi connectivity index (χ0) is 26.8. The molecule has 0 bridgehead atoms. The van der Waals surface area contributed by atoms with Crippen LogP contribution in [0.15, 0.2) is 65.8 Å². The Hall–Kier alpha value is -2.91. The van der Waals surface area contributed by atoms with E-state index in [1.54, 1.807) is 24.3 Å². The number of azide groups is 1. The maximum atomic E-state index is 12.0. The number of rotatable bonds is 19. The van der Waals surface area contributed by atoms with Crippen LogP contribution >= 0.6 is 0 Å². The summed E-state index contributed by atoms with van der Waals surface area (Å²) in [5, 5.41) is 3.87. The molecule has 0 aromatic heterocycles. The molecule has 0 spiro atoms. The van der Waals surface area contributed by atoms with Crippen molar-refractivity contribution < 1.29 is 26.9 Å². The lowest BCUT2D eigenvalue weighted by atomic mass is 10.0. The van der Waals surface area contributed by atoms with E-state index in [2.05, 4.69) is 10.0 Å². The number of hydrogen-bond acceptors (Lipinski definition) is 7. The second kappa shape index (κ2) is 17.5. The van der Waals surface area contributed by atoms with Crippen molar-refractivity contribution in [1.29, 1.82) is 0 Å². The average molecular weight is 532 g/mol. The van der Waals surface area contributed by atoms with E-state index in [1.165, 1.54) is 0 Å². The highest BCUT2D eigenvalue weighted by Gasteiger charge is 2.18. The lowest BCUT2D eigenvalue weighted by Crippen LogP contribution is -2.20. The molecular weight excluding hydrogens is 494 g/mol. The van der Waals surface area contributed by atoms with Crippen molar-refractivity contribution in [2.45, 2.75) is 70.1 Å². The highest BCUT2D eigenvalue weighted by atomic mass is 32.2. The number of ether oxygens (including phenoxy) is 2. The first-order chi connectivity index (χ1) is 17.9. The smallest absolute Gasteiger partial charge is 0.338 e. The van der Waals surface area contributed by atoms with Crippen LogP contribution in [-0.4, -0.2) is 46.0 Å². The predicted molar refractivity (Wildman–Crippen MR) is 142 cm³/mol. The Labute approximate surface area is 219 Å². The fourth-order valence-corrected chi connectivity index (χ4v) is 4.53. The van der Waals surface area contributed by atoms with E-state index in [9.17, 15) is 13.2 Å². The molecule has 2 atom stereocenters. The fraction of sp³-hybridized carbons (Fsp3) is 0.519. The normalized spacial score (nSPS) is 12.9. The van der Waals surface area contributed by atoms with Gasteiger partial charge in [-0.25, -0.2) is 4.79 Å². The Bertz CT molecular complexity index is 1060. The van der Waals surface area contributed by atoms with Crippen molar-refractivity contribution in [3.8, 4) is 0 Å². The minimum absolute atomic E-state index is 0.281. The summed E-state index contributed by atoms with van der Waals surface area (Å²) in [6, 6.07) is 18.4. The number of unbranched alkanes of at least 4 members (excludes halogenated alkanes) is 2. The third-order valence-electron chi connectivity index (χ3n) is 5.70. The number of nitrogens with zero attached hydrogens (tertiary/aromatic N) is 3. The summed E-state index contributed by atoms with van der Waals surface area (Å²) in [7, 11) is -3.61. The van der Waals surface area contributed by atoms with E-state index in [0.29, 0.717) is 57.3 Å². The molecule has 2 rings (SSSR count). The van der Waals surface area contributed by atoms with Gasteiger partial charge in [0.15, 0.2) is 0 Å². The predicted octanol–water partition coefficient (Wildman–Crippen LogP) is 6.20. The van der Waals surface area contributed by atoms with Crippen LogP contribution < -0.4 is 0 Å². The van der Waals surface area contributed by atoms with Crippen LogP contribution in [0.1, 0.15) is 67.3 Å². The molecule has 0 N–H and O–H groups in total. The van der Waals surface area contributed by atoms with Gasteiger partial charge >= 0.3 is 5.97 Å². The molecule has 0 aliphatic rings. The summed E-state index contributed by atoms with van der Waals surface area (Å²) < 4.78 is 39.7. The Kier molecular flexibility index (Phi) is 14.4. The first kappa shape index (κ1) is 30.3. The van der Waals surface area contributed by atoms with Crippen molar-refractivity contribution in [2.75, 3.05) is 19.5 Å². The van der Waals surface area contributed by atoms with E-state index >= 15 is 0 Å². The number of hydrogen-bond donors (Lipinski definition) is 0. The average Bonchev–Trinajstić information content (AvgIpc) is 2.88. The maximum Gasteiger partial charge on any atom is 0.338 e. The van der Waals surface area contributed by atoms with Gasteiger partial charge in [0, 0.05) is 17.6 Å². The molecule has 0 aliphatic heterocycles. The molecule has 0 unspecified atom stereocenters. The maximum absolute atomic E-state index is 12.0. The van der Waals surface area contributed by atoms with Crippen LogP contribution in [0.2, 0.25) is 0 Å². The zero-order valence-electron chi connectivity index (χ0n) is 21.4. The second-order valence-electron chi connectivity index (χ2n) is 8.89. The molecular formula is C27H37N3O6S. The SMILES string of the molecule is CS(=O)(=O)O[C@@H](CCCCOCc1ccccc1)CC[C@@H](CCCCOC(=O)c1ccccc1)N=[N+]=[N-]. The van der Waals surface area contributed by atoms with Gasteiger partial charge in [0.05, 0.1) is 31.1 Å². The molecule has 2 aromatic carbocycles. The lowest BCUT2D eigenvalue weighted by molar-refractivity contribution is 0.0497. The second-order valence-corrected chi connectivity index (χ2v) is 10.5. The highest BCUT2D eigenvalue weighted by Crippen LogP contribution is 2.19. The Balaban J connectivity index is 1.68. The van der Waals surface area contributed by atoms with Crippen LogP contribution in [0.3, 0.4) is 0 Å². The van der Waals surface area contributed by atoms with Gasteiger partial charge in [0.2, 0.25) is 0 Å². The molecule has 0 amide bonds. The summed E-state index contributed by atoms with van der Waals surface area (Å²) in [5.74, 6) is -0.363. The van der Waals surface area contributed by atoms with Crippen LogP contribution in [0.5, 0.6) is 0 Å². The van der Waals surface area contributed by atoms with Crippen molar-refractivity contribution in [2.24, 2.45) is 5.11 Å². The molecule has 0 aliphatic carbocycles. The van der Waals surface area contributed by atoms with Crippen LogP contribution in [0, 0.1) is 0 Å². The zero-order valence-corrected chi connectivity index (χ0v) is 22.2. The van der Waals surface area contributed by atoms with Gasteiger partial charge in [-0.3, -0.25) is 4.18 Å². The third kappa shape index (κ3) is 14.4. The van der Waals surface area contributed by atoms with Gasteiger partial charge < -0.3 is 9.47 Å². The molecule has 37 heavy (non-hydrogen) atoms. The van der Waals surface area contributed by atoms with E-state index in [-0.39, 0.29) is 18.6 Å². The highest BCUT2D eigenvalue weighted by molar-refractivity contribution is 7.86. The number of carbonyl (C=O) groups is 1. The largest absolute Gasteiger partial charge is 0.462 e. The molecule has 0 radical (unpaired) electrons. The van der Waals surface area contributed by atoms with E-state index in [1.807, 2.05) is 36.4 Å². The molecule has 0 heterocycles. The summed E-state index contributed by atoms with van der Waals surface area (Å²) in [6.45, 7) is 1.41. The van der Waals surface area contributed by atoms with Crippen LogP contribution in [0.4, 0.5) is 0 Å². The van der Waals surface area contributed by atoms with E-state index in [4.69, 9.17) is 19.2 Å². The third-order valence-corrected chi connectivity index (χ3v) is 6.32. The minimum atomic E-state index is -3.61. The molecule has 0 saturated carbocycles. The fourth-order valence-electron chi connectivity index (χ4n) is 3.84. The van der Waals surface area contributed by atoms with Gasteiger partial charge in [-0.2, -0.15) is 8.42 Å². The quantitative estimate of drug-likeness (QED) is 0.0530. The summed E-state index contributed by atoms with van der Waals surface area (Å²) in [6.07, 6.45) is 5.63. The first-order valence-corrected chi connectivity index (χ1v) is 14.5. The Morgan fingerprint density at radius 3 is 2.22 bits per heavy atom. The molecule has 9 nitrogen and oxygen atoms in total. The van der Waals surface area contributed by atoms with Crippen molar-refractivity contribution >= 4 is 16.1 Å². The Morgan fingerprint density at radius 2 is 1.54 bits per heavy atom. The molecule has 0 saturated heterocycles. The number of benzene rings is 2. The van der Waals surface area contributed by atoms with E-state index in [0.717, 1.165) is 24.7 Å². The van der Waals surface area contributed by atoms with Gasteiger partial charge in [0.1, 0.15) is 0 Å². The van der Waals surface area contributed by atoms with Crippen LogP contribution in [-0.2, 0) is 30.4 Å².